The molecular weight excluding hydrogens is 232 g/mol. The first-order chi connectivity index (χ1) is 9.35. The summed E-state index contributed by atoms with van der Waals surface area (Å²) >= 11 is 0. The van der Waals surface area contributed by atoms with Crippen LogP contribution in [-0.2, 0) is 19.3 Å². The quantitative estimate of drug-likeness (QED) is 0.753. The summed E-state index contributed by atoms with van der Waals surface area (Å²) in [7, 11) is 0. The van der Waals surface area contributed by atoms with Crippen molar-refractivity contribution in [2.45, 2.75) is 39.0 Å². The van der Waals surface area contributed by atoms with Crippen LogP contribution in [0.5, 0.6) is 11.5 Å². The third-order valence-corrected chi connectivity index (χ3v) is 3.89. The summed E-state index contributed by atoms with van der Waals surface area (Å²) < 4.78 is 5.94. The Morgan fingerprint density at radius 3 is 2.26 bits per heavy atom. The number of aryl methyl sites for hydroxylation is 3. The Hall–Kier alpha value is -1.76. The number of hydrogen-bond donors (Lipinski definition) is 0. The lowest BCUT2D eigenvalue weighted by Crippen LogP contribution is -2.02. The summed E-state index contributed by atoms with van der Waals surface area (Å²) in [6.45, 7) is 2.17. The zero-order valence-electron chi connectivity index (χ0n) is 11.5. The van der Waals surface area contributed by atoms with Crippen molar-refractivity contribution in [3.63, 3.8) is 0 Å². The first-order valence-corrected chi connectivity index (χ1v) is 7.24. The maximum atomic E-state index is 5.94. The topological polar surface area (TPSA) is 9.23 Å². The molecule has 0 heterocycles. The zero-order valence-corrected chi connectivity index (χ0v) is 11.5. The van der Waals surface area contributed by atoms with Gasteiger partial charge in [-0.15, -0.1) is 0 Å². The second-order valence-electron chi connectivity index (χ2n) is 5.24. The van der Waals surface area contributed by atoms with E-state index in [0.29, 0.717) is 0 Å². The molecule has 2 aromatic carbocycles. The molecule has 3 rings (SSSR count). The Morgan fingerprint density at radius 1 is 0.842 bits per heavy atom. The average molecular weight is 252 g/mol. The van der Waals surface area contributed by atoms with Gasteiger partial charge < -0.3 is 4.74 Å². The molecule has 98 valence electrons. The zero-order chi connectivity index (χ0) is 13.1. The van der Waals surface area contributed by atoms with E-state index >= 15 is 0 Å². The molecule has 0 radical (unpaired) electrons. The Balaban J connectivity index is 1.78. The number of benzene rings is 2. The van der Waals surface area contributed by atoms with E-state index < -0.39 is 0 Å². The van der Waals surface area contributed by atoms with E-state index in [1.807, 2.05) is 0 Å². The van der Waals surface area contributed by atoms with Gasteiger partial charge in [-0.25, -0.2) is 0 Å². The minimum Gasteiger partial charge on any atom is -0.457 e. The molecule has 0 saturated heterocycles. The van der Waals surface area contributed by atoms with Gasteiger partial charge in [0.1, 0.15) is 11.5 Å². The monoisotopic (exact) mass is 252 g/mol. The Labute approximate surface area is 115 Å². The molecule has 0 spiro atoms. The van der Waals surface area contributed by atoms with Gasteiger partial charge in [-0.05, 0) is 73.1 Å². The first kappa shape index (κ1) is 12.3. The molecule has 1 heteroatoms. The van der Waals surface area contributed by atoms with Crippen LogP contribution in [0.15, 0.2) is 42.5 Å². The lowest BCUT2D eigenvalue weighted by Gasteiger charge is -2.16. The van der Waals surface area contributed by atoms with Gasteiger partial charge >= 0.3 is 0 Å². The summed E-state index contributed by atoms with van der Waals surface area (Å²) in [5.74, 6) is 1.89. The normalized spacial score (nSPS) is 13.9. The number of ether oxygens (including phenoxy) is 1. The van der Waals surface area contributed by atoms with Gasteiger partial charge in [0.25, 0.3) is 0 Å². The average Bonchev–Trinajstić information content (AvgIpc) is 2.48. The fourth-order valence-electron chi connectivity index (χ4n) is 2.70. The highest BCUT2D eigenvalue weighted by atomic mass is 16.5. The summed E-state index contributed by atoms with van der Waals surface area (Å²) in [6.07, 6.45) is 6.12. The van der Waals surface area contributed by atoms with Gasteiger partial charge in [-0.1, -0.05) is 25.1 Å². The van der Waals surface area contributed by atoms with Crippen molar-refractivity contribution in [1.82, 2.24) is 0 Å². The number of hydrogen-bond acceptors (Lipinski definition) is 1. The molecule has 1 aliphatic carbocycles. The maximum Gasteiger partial charge on any atom is 0.127 e. The van der Waals surface area contributed by atoms with E-state index in [-0.39, 0.29) is 0 Å². The summed E-state index contributed by atoms with van der Waals surface area (Å²) in [5, 5.41) is 0. The van der Waals surface area contributed by atoms with Crippen LogP contribution in [0.4, 0.5) is 0 Å². The Kier molecular flexibility index (Phi) is 3.54. The van der Waals surface area contributed by atoms with Gasteiger partial charge in [0.2, 0.25) is 0 Å². The minimum absolute atomic E-state index is 0.924. The molecule has 0 aliphatic heterocycles. The molecule has 1 aliphatic rings. The molecule has 2 aromatic rings. The van der Waals surface area contributed by atoms with E-state index in [4.69, 9.17) is 4.74 Å². The highest BCUT2D eigenvalue weighted by molar-refractivity contribution is 5.40. The van der Waals surface area contributed by atoms with Crippen LogP contribution in [-0.4, -0.2) is 0 Å². The lowest BCUT2D eigenvalue weighted by atomic mass is 9.92. The molecule has 0 amide bonds. The molecule has 0 atom stereocenters. The largest absolute Gasteiger partial charge is 0.457 e. The smallest absolute Gasteiger partial charge is 0.127 e. The van der Waals surface area contributed by atoms with Gasteiger partial charge in [0.05, 0.1) is 0 Å². The van der Waals surface area contributed by atoms with Crippen LogP contribution in [0.25, 0.3) is 0 Å². The van der Waals surface area contributed by atoms with Crippen LogP contribution in [0.3, 0.4) is 0 Å². The van der Waals surface area contributed by atoms with Gasteiger partial charge in [-0.3, -0.25) is 0 Å². The first-order valence-electron chi connectivity index (χ1n) is 7.24. The van der Waals surface area contributed by atoms with Crippen LogP contribution in [0.2, 0.25) is 0 Å². The maximum absolute atomic E-state index is 5.94. The molecule has 0 N–H and O–H groups in total. The SMILES string of the molecule is CCc1ccc(Oc2ccc3c(c2)CCCC3)cc1. The Bertz CT molecular complexity index is 554. The van der Waals surface area contributed by atoms with Crippen LogP contribution >= 0.6 is 0 Å². The van der Waals surface area contributed by atoms with Crippen LogP contribution in [0.1, 0.15) is 36.5 Å². The molecule has 1 nitrogen and oxygen atoms in total. The van der Waals surface area contributed by atoms with Crippen molar-refractivity contribution in [2.75, 3.05) is 0 Å². The van der Waals surface area contributed by atoms with Crippen molar-refractivity contribution in [3.8, 4) is 11.5 Å². The standard InChI is InChI=1S/C18H20O/c1-2-14-7-10-17(11-8-14)19-18-12-9-15-5-3-4-6-16(15)13-18/h7-13H,2-6H2,1H3. The lowest BCUT2D eigenvalue weighted by molar-refractivity contribution is 0.480. The van der Waals surface area contributed by atoms with Gasteiger partial charge in [0, 0.05) is 0 Å². The summed E-state index contributed by atoms with van der Waals surface area (Å²) in [5.41, 5.74) is 4.31. The van der Waals surface area contributed by atoms with Crippen LogP contribution < -0.4 is 4.74 Å². The third-order valence-electron chi connectivity index (χ3n) is 3.89. The third kappa shape index (κ3) is 2.81. The molecule has 0 aromatic heterocycles. The van der Waals surface area contributed by atoms with Gasteiger partial charge in [-0.2, -0.15) is 0 Å². The van der Waals surface area contributed by atoms with Crippen molar-refractivity contribution < 1.29 is 4.74 Å². The second kappa shape index (κ2) is 5.48. The fourth-order valence-corrected chi connectivity index (χ4v) is 2.70. The van der Waals surface area contributed by atoms with Crippen molar-refractivity contribution in [1.29, 1.82) is 0 Å². The molecule has 0 bridgehead atoms. The van der Waals surface area contributed by atoms with Crippen LogP contribution in [0, 0.1) is 0 Å². The van der Waals surface area contributed by atoms with Crippen molar-refractivity contribution >= 4 is 0 Å². The highest BCUT2D eigenvalue weighted by Gasteiger charge is 2.10. The summed E-state index contributed by atoms with van der Waals surface area (Å²) in [6, 6.07) is 14.9. The van der Waals surface area contributed by atoms with Crippen molar-refractivity contribution in [2.24, 2.45) is 0 Å². The molecule has 0 fully saturated rings. The fraction of sp³-hybridized carbons (Fsp3) is 0.333. The molecule has 0 unspecified atom stereocenters. The van der Waals surface area contributed by atoms with Gasteiger partial charge in [0.15, 0.2) is 0 Å². The van der Waals surface area contributed by atoms with Crippen molar-refractivity contribution in [3.05, 3.63) is 59.2 Å². The van der Waals surface area contributed by atoms with E-state index in [9.17, 15) is 0 Å². The van der Waals surface area contributed by atoms with E-state index in [0.717, 1.165) is 17.9 Å². The van der Waals surface area contributed by atoms with E-state index in [1.54, 1.807) is 0 Å². The highest BCUT2D eigenvalue weighted by Crippen LogP contribution is 2.28. The second-order valence-corrected chi connectivity index (χ2v) is 5.24. The Morgan fingerprint density at radius 2 is 1.53 bits per heavy atom. The number of rotatable bonds is 3. The molecule has 0 saturated carbocycles. The van der Waals surface area contributed by atoms with E-state index in [2.05, 4.69) is 49.4 Å². The summed E-state index contributed by atoms with van der Waals surface area (Å²) in [4.78, 5) is 0. The van der Waals surface area contributed by atoms with E-state index in [1.165, 1.54) is 42.4 Å². The molecule has 19 heavy (non-hydrogen) atoms. The predicted molar refractivity (Wildman–Crippen MR) is 79.0 cm³/mol. The predicted octanol–water partition coefficient (Wildman–Crippen LogP) is 4.92. The molecular formula is C18H20O. The number of fused-ring (bicyclic) bond motifs is 1. The minimum atomic E-state index is 0.924.